The third-order valence-electron chi connectivity index (χ3n) is 6.33. The summed E-state index contributed by atoms with van der Waals surface area (Å²) < 4.78 is 34.8. The van der Waals surface area contributed by atoms with Crippen molar-refractivity contribution in [1.29, 1.82) is 0 Å². The van der Waals surface area contributed by atoms with Gasteiger partial charge in [0, 0.05) is 17.2 Å². The lowest BCUT2D eigenvalue weighted by Gasteiger charge is -2.26. The Morgan fingerprint density at radius 2 is 1.76 bits per heavy atom. The van der Waals surface area contributed by atoms with E-state index in [1.165, 1.54) is 0 Å². The normalized spacial score (nSPS) is 17.4. The number of hydrogen-bond donors (Lipinski definition) is 1. The fourth-order valence-electron chi connectivity index (χ4n) is 4.61. The van der Waals surface area contributed by atoms with Crippen LogP contribution in [0.5, 0.6) is 5.75 Å². The fraction of sp³-hybridized carbons (Fsp3) is 0.267. The van der Waals surface area contributed by atoms with E-state index in [9.17, 15) is 23.5 Å². The molecule has 7 heteroatoms. The maximum Gasteiger partial charge on any atom is 0.300 e. The van der Waals surface area contributed by atoms with Crippen LogP contribution in [-0.2, 0) is 15.0 Å². The lowest BCUT2D eigenvalue weighted by Crippen LogP contribution is -2.30. The number of aliphatic hydroxyl groups is 1. The average molecular weight is 506 g/mol. The third kappa shape index (κ3) is 4.86. The van der Waals surface area contributed by atoms with Gasteiger partial charge >= 0.3 is 0 Å². The summed E-state index contributed by atoms with van der Waals surface area (Å²) >= 11 is 0. The molecule has 0 radical (unpaired) electrons. The first-order valence-corrected chi connectivity index (χ1v) is 12.0. The molecule has 0 bridgehead atoms. The summed E-state index contributed by atoms with van der Waals surface area (Å²) in [4.78, 5) is 27.6. The smallest absolute Gasteiger partial charge is 0.300 e. The van der Waals surface area contributed by atoms with Gasteiger partial charge < -0.3 is 9.84 Å². The Morgan fingerprint density at radius 1 is 1.03 bits per heavy atom. The predicted octanol–water partition coefficient (Wildman–Crippen LogP) is 6.60. The number of carbonyl (C=O) groups excluding carboxylic acids is 2. The number of halogens is 2. The molecule has 0 aliphatic carbocycles. The van der Waals surface area contributed by atoms with Gasteiger partial charge in [-0.25, -0.2) is 8.78 Å². The Morgan fingerprint density at radius 3 is 2.41 bits per heavy atom. The number of aryl methyl sites for hydroxylation is 1. The lowest BCUT2D eigenvalue weighted by molar-refractivity contribution is -0.132. The molecule has 1 N–H and O–H groups in total. The molecule has 4 rings (SSSR count). The van der Waals surface area contributed by atoms with Crippen molar-refractivity contribution in [2.45, 2.75) is 46.1 Å². The van der Waals surface area contributed by atoms with Gasteiger partial charge in [0.25, 0.3) is 11.7 Å². The summed E-state index contributed by atoms with van der Waals surface area (Å²) in [7, 11) is 0. The number of nitrogens with zero attached hydrogens (tertiary/aromatic N) is 1. The molecular weight excluding hydrogens is 476 g/mol. The zero-order valence-electron chi connectivity index (χ0n) is 21.4. The standard InChI is InChI=1S/C30H29F2NO4/c1-6-37-24-13-10-19(15-21(24)30(3,4)5)27(34)25-26(18-9-7-8-17(2)14-18)33(29(36)28(25)35)23-16-20(31)11-12-22(23)32/h7-16,26,34H,6H2,1-5H3/b27-25-. The van der Waals surface area contributed by atoms with Gasteiger partial charge in [0.05, 0.1) is 23.9 Å². The molecule has 3 aromatic rings. The molecule has 1 aliphatic rings. The summed E-state index contributed by atoms with van der Waals surface area (Å²) in [5.41, 5.74) is 1.48. The Labute approximate surface area is 215 Å². The Bertz CT molecular complexity index is 1420. The minimum absolute atomic E-state index is 0.205. The van der Waals surface area contributed by atoms with Gasteiger partial charge in [-0.05, 0) is 55.2 Å². The van der Waals surface area contributed by atoms with Gasteiger partial charge in [0.1, 0.15) is 23.1 Å². The van der Waals surface area contributed by atoms with E-state index in [1.807, 2.05) is 40.7 Å². The maximum absolute atomic E-state index is 14.9. The number of benzene rings is 3. The predicted molar refractivity (Wildman–Crippen MR) is 139 cm³/mol. The SMILES string of the molecule is CCOc1ccc(/C(O)=C2/C(=O)C(=O)N(c3cc(F)ccc3F)C2c2cccc(C)c2)cc1C(C)(C)C. The van der Waals surface area contributed by atoms with Crippen molar-refractivity contribution in [3.8, 4) is 5.75 Å². The summed E-state index contributed by atoms with van der Waals surface area (Å²) in [6.07, 6.45) is 0. The van der Waals surface area contributed by atoms with Crippen molar-refractivity contribution in [2.75, 3.05) is 11.5 Å². The molecule has 1 atom stereocenters. The van der Waals surface area contributed by atoms with E-state index < -0.39 is 35.1 Å². The molecule has 1 amide bonds. The van der Waals surface area contributed by atoms with E-state index in [2.05, 4.69) is 0 Å². The quantitative estimate of drug-likeness (QED) is 0.241. The first kappa shape index (κ1) is 26.1. The minimum Gasteiger partial charge on any atom is -0.507 e. The third-order valence-corrected chi connectivity index (χ3v) is 6.33. The van der Waals surface area contributed by atoms with Crippen LogP contribution in [0.3, 0.4) is 0 Å². The number of aliphatic hydroxyl groups excluding tert-OH is 1. The highest BCUT2D eigenvalue weighted by Gasteiger charge is 2.48. The topological polar surface area (TPSA) is 66.8 Å². The second-order valence-electron chi connectivity index (χ2n) is 10.1. The van der Waals surface area contributed by atoms with Crippen LogP contribution >= 0.6 is 0 Å². The molecule has 0 aromatic heterocycles. The second-order valence-corrected chi connectivity index (χ2v) is 10.1. The van der Waals surface area contributed by atoms with Crippen molar-refractivity contribution in [3.63, 3.8) is 0 Å². The number of amides is 1. The van der Waals surface area contributed by atoms with E-state index in [-0.39, 0.29) is 16.7 Å². The fourth-order valence-corrected chi connectivity index (χ4v) is 4.61. The number of carbonyl (C=O) groups is 2. The van der Waals surface area contributed by atoms with Crippen molar-refractivity contribution in [3.05, 3.63) is 100 Å². The van der Waals surface area contributed by atoms with Crippen LogP contribution in [0.25, 0.3) is 5.76 Å². The molecule has 1 fully saturated rings. The molecule has 0 spiro atoms. The van der Waals surface area contributed by atoms with Gasteiger partial charge in [0.15, 0.2) is 0 Å². The molecule has 1 heterocycles. The number of Topliss-reactive ketones (excluding diaryl/α,β-unsaturated/α-hetero) is 1. The summed E-state index contributed by atoms with van der Waals surface area (Å²) in [5, 5.41) is 11.5. The van der Waals surface area contributed by atoms with E-state index in [1.54, 1.807) is 36.4 Å². The molecule has 1 aliphatic heterocycles. The van der Waals surface area contributed by atoms with Crippen LogP contribution in [-0.4, -0.2) is 23.4 Å². The van der Waals surface area contributed by atoms with Gasteiger partial charge in [-0.2, -0.15) is 0 Å². The molecule has 1 saturated heterocycles. The highest BCUT2D eigenvalue weighted by Crippen LogP contribution is 2.44. The van der Waals surface area contributed by atoms with Crippen LogP contribution in [0.2, 0.25) is 0 Å². The van der Waals surface area contributed by atoms with Crippen molar-refractivity contribution < 1.29 is 28.2 Å². The molecule has 37 heavy (non-hydrogen) atoms. The monoisotopic (exact) mass is 505 g/mol. The summed E-state index contributed by atoms with van der Waals surface area (Å²) in [6, 6.07) is 13.6. The number of hydrogen-bond acceptors (Lipinski definition) is 4. The zero-order chi connectivity index (χ0) is 27.1. The van der Waals surface area contributed by atoms with Crippen molar-refractivity contribution in [2.24, 2.45) is 0 Å². The first-order valence-electron chi connectivity index (χ1n) is 12.0. The number of ketones is 1. The van der Waals surface area contributed by atoms with Crippen LogP contribution in [0.1, 0.15) is 56.0 Å². The van der Waals surface area contributed by atoms with Gasteiger partial charge in [0.2, 0.25) is 0 Å². The Hall–Kier alpha value is -4.00. The van der Waals surface area contributed by atoms with Crippen LogP contribution in [0, 0.1) is 18.6 Å². The zero-order valence-corrected chi connectivity index (χ0v) is 21.4. The van der Waals surface area contributed by atoms with E-state index in [4.69, 9.17) is 4.74 Å². The number of anilines is 1. The maximum atomic E-state index is 14.9. The Balaban J connectivity index is 1.98. The van der Waals surface area contributed by atoms with E-state index in [0.29, 0.717) is 23.5 Å². The van der Waals surface area contributed by atoms with Crippen LogP contribution < -0.4 is 9.64 Å². The second kappa shape index (κ2) is 9.81. The highest BCUT2D eigenvalue weighted by molar-refractivity contribution is 6.51. The molecule has 3 aromatic carbocycles. The first-order chi connectivity index (χ1) is 17.4. The van der Waals surface area contributed by atoms with Crippen molar-refractivity contribution >= 4 is 23.1 Å². The number of ether oxygens (including phenoxy) is 1. The minimum atomic E-state index is -1.17. The van der Waals surface area contributed by atoms with Crippen LogP contribution in [0.15, 0.2) is 66.2 Å². The average Bonchev–Trinajstić information content (AvgIpc) is 3.10. The molecular formula is C30H29F2NO4. The molecule has 1 unspecified atom stereocenters. The van der Waals surface area contributed by atoms with Gasteiger partial charge in [-0.3, -0.25) is 14.5 Å². The van der Waals surface area contributed by atoms with Crippen molar-refractivity contribution in [1.82, 2.24) is 0 Å². The van der Waals surface area contributed by atoms with Gasteiger partial charge in [-0.15, -0.1) is 0 Å². The molecule has 5 nitrogen and oxygen atoms in total. The van der Waals surface area contributed by atoms with Crippen LogP contribution in [0.4, 0.5) is 14.5 Å². The highest BCUT2D eigenvalue weighted by atomic mass is 19.1. The summed E-state index contributed by atoms with van der Waals surface area (Å²) in [5.74, 6) is -3.43. The van der Waals surface area contributed by atoms with E-state index in [0.717, 1.165) is 34.2 Å². The lowest BCUT2D eigenvalue weighted by atomic mass is 9.84. The van der Waals surface area contributed by atoms with Gasteiger partial charge in [-0.1, -0.05) is 50.6 Å². The molecule has 0 saturated carbocycles. The molecule has 192 valence electrons. The Kier molecular flexibility index (Phi) is 6.91. The van der Waals surface area contributed by atoms with E-state index >= 15 is 0 Å². The summed E-state index contributed by atoms with van der Waals surface area (Å²) in [6.45, 7) is 10.1. The number of rotatable bonds is 5. The largest absolute Gasteiger partial charge is 0.507 e.